The second-order valence-electron chi connectivity index (χ2n) is 7.02. The molecule has 1 aromatic rings. The molecule has 1 aromatic heterocycles. The fourth-order valence-corrected chi connectivity index (χ4v) is 3.44. The Morgan fingerprint density at radius 1 is 1.48 bits per heavy atom. The Bertz CT molecular complexity index is 501. The number of amides is 2. The number of carbonyl (C=O) groups is 1. The highest BCUT2D eigenvalue weighted by Gasteiger charge is 2.31. The highest BCUT2D eigenvalue weighted by atomic mass is 16.5. The molecule has 6 nitrogen and oxygen atoms in total. The van der Waals surface area contributed by atoms with E-state index in [0.717, 1.165) is 6.42 Å². The molecule has 23 heavy (non-hydrogen) atoms. The fourth-order valence-electron chi connectivity index (χ4n) is 3.44. The minimum Gasteiger partial charge on any atom is -0.383 e. The molecule has 2 rings (SSSR count). The molecule has 2 amide bonds. The molecule has 1 fully saturated rings. The SMILES string of the molecule is COCCn1cc(NC(=O)N[C@@H]2C[C@@H](C)CC[C@H]2C(C)C)cn1. The zero-order valence-electron chi connectivity index (χ0n) is 14.7. The first-order valence-corrected chi connectivity index (χ1v) is 8.58. The number of hydrogen-bond donors (Lipinski definition) is 2. The summed E-state index contributed by atoms with van der Waals surface area (Å²) >= 11 is 0. The van der Waals surface area contributed by atoms with Crippen LogP contribution < -0.4 is 10.6 Å². The maximum Gasteiger partial charge on any atom is 0.319 e. The van der Waals surface area contributed by atoms with E-state index in [1.165, 1.54) is 12.8 Å². The Hall–Kier alpha value is -1.56. The summed E-state index contributed by atoms with van der Waals surface area (Å²) in [6, 6.07) is 0.114. The summed E-state index contributed by atoms with van der Waals surface area (Å²) < 4.78 is 6.78. The molecule has 6 heteroatoms. The van der Waals surface area contributed by atoms with Crippen LogP contribution in [0.4, 0.5) is 10.5 Å². The first kappa shape index (κ1) is 17.8. The van der Waals surface area contributed by atoms with Crippen molar-refractivity contribution in [2.24, 2.45) is 17.8 Å². The van der Waals surface area contributed by atoms with Gasteiger partial charge < -0.3 is 15.4 Å². The van der Waals surface area contributed by atoms with E-state index >= 15 is 0 Å². The highest BCUT2D eigenvalue weighted by molar-refractivity contribution is 5.89. The molecule has 1 heterocycles. The van der Waals surface area contributed by atoms with Gasteiger partial charge in [-0.25, -0.2) is 4.79 Å². The van der Waals surface area contributed by atoms with Gasteiger partial charge in [0.1, 0.15) is 0 Å². The van der Waals surface area contributed by atoms with Crippen molar-refractivity contribution in [3.05, 3.63) is 12.4 Å². The van der Waals surface area contributed by atoms with Gasteiger partial charge in [0.2, 0.25) is 0 Å². The average Bonchev–Trinajstić information content (AvgIpc) is 2.92. The molecule has 130 valence electrons. The van der Waals surface area contributed by atoms with Gasteiger partial charge in [0, 0.05) is 19.3 Å². The second kappa shape index (κ2) is 8.34. The van der Waals surface area contributed by atoms with Gasteiger partial charge in [0.25, 0.3) is 0 Å². The number of methoxy groups -OCH3 is 1. The molecule has 0 bridgehead atoms. The van der Waals surface area contributed by atoms with E-state index in [1.807, 2.05) is 6.20 Å². The van der Waals surface area contributed by atoms with Crippen LogP contribution in [0, 0.1) is 17.8 Å². The van der Waals surface area contributed by atoms with Crippen molar-refractivity contribution in [3.63, 3.8) is 0 Å². The first-order valence-electron chi connectivity index (χ1n) is 8.58. The smallest absolute Gasteiger partial charge is 0.319 e. The van der Waals surface area contributed by atoms with Gasteiger partial charge in [0.05, 0.1) is 25.0 Å². The molecule has 0 radical (unpaired) electrons. The van der Waals surface area contributed by atoms with Gasteiger partial charge in [-0.2, -0.15) is 5.10 Å². The monoisotopic (exact) mass is 322 g/mol. The standard InChI is InChI=1S/C17H30N4O2/c1-12(2)15-6-5-13(3)9-16(15)20-17(22)19-14-10-18-21(11-14)7-8-23-4/h10-13,15-16H,5-9H2,1-4H3,(H2,19,20,22)/t13-,15-,16+/m0/s1. The molecular weight excluding hydrogens is 292 g/mol. The van der Waals surface area contributed by atoms with Crippen molar-refractivity contribution in [3.8, 4) is 0 Å². The van der Waals surface area contributed by atoms with Crippen LogP contribution in [-0.4, -0.2) is 35.6 Å². The van der Waals surface area contributed by atoms with E-state index < -0.39 is 0 Å². The summed E-state index contributed by atoms with van der Waals surface area (Å²) in [5.74, 6) is 1.82. The number of urea groups is 1. The van der Waals surface area contributed by atoms with Gasteiger partial charge in [-0.3, -0.25) is 4.68 Å². The maximum atomic E-state index is 12.3. The zero-order valence-corrected chi connectivity index (χ0v) is 14.7. The van der Waals surface area contributed by atoms with Gasteiger partial charge in [-0.05, 0) is 30.6 Å². The van der Waals surface area contributed by atoms with Crippen LogP contribution in [-0.2, 0) is 11.3 Å². The lowest BCUT2D eigenvalue weighted by Gasteiger charge is -2.37. The normalized spacial score (nSPS) is 24.7. The van der Waals surface area contributed by atoms with Crippen LogP contribution in [0.3, 0.4) is 0 Å². The topological polar surface area (TPSA) is 68.2 Å². The molecule has 0 saturated heterocycles. The number of hydrogen-bond acceptors (Lipinski definition) is 3. The van der Waals surface area contributed by atoms with Crippen LogP contribution in [0.1, 0.15) is 40.0 Å². The summed E-state index contributed by atoms with van der Waals surface area (Å²) in [5, 5.41) is 10.3. The number of ether oxygens (including phenoxy) is 1. The van der Waals surface area contributed by atoms with E-state index in [0.29, 0.717) is 36.6 Å². The largest absolute Gasteiger partial charge is 0.383 e. The molecule has 3 atom stereocenters. The third-order valence-electron chi connectivity index (χ3n) is 4.75. The second-order valence-corrected chi connectivity index (χ2v) is 7.02. The van der Waals surface area contributed by atoms with E-state index in [9.17, 15) is 4.79 Å². The lowest BCUT2D eigenvalue weighted by Crippen LogP contribution is -2.47. The van der Waals surface area contributed by atoms with Crippen LogP contribution in [0.15, 0.2) is 12.4 Å². The van der Waals surface area contributed by atoms with Crippen LogP contribution in [0.5, 0.6) is 0 Å². The van der Waals surface area contributed by atoms with Crippen molar-refractivity contribution >= 4 is 11.7 Å². The van der Waals surface area contributed by atoms with E-state index in [-0.39, 0.29) is 12.1 Å². The van der Waals surface area contributed by atoms with Crippen molar-refractivity contribution in [2.75, 3.05) is 19.0 Å². The Labute approximate surface area is 139 Å². The van der Waals surface area contributed by atoms with E-state index in [1.54, 1.807) is 18.0 Å². The molecule has 0 unspecified atom stereocenters. The number of carbonyl (C=O) groups excluding carboxylic acids is 1. The Balaban J connectivity index is 1.88. The number of rotatable bonds is 6. The Morgan fingerprint density at radius 2 is 2.26 bits per heavy atom. The predicted molar refractivity (Wildman–Crippen MR) is 91.4 cm³/mol. The number of aromatic nitrogens is 2. The zero-order chi connectivity index (χ0) is 16.8. The molecule has 0 spiro atoms. The quantitative estimate of drug-likeness (QED) is 0.845. The van der Waals surface area contributed by atoms with Crippen LogP contribution in [0.2, 0.25) is 0 Å². The highest BCUT2D eigenvalue weighted by Crippen LogP contribution is 2.33. The molecule has 1 aliphatic rings. The lowest BCUT2D eigenvalue weighted by atomic mass is 9.74. The summed E-state index contributed by atoms with van der Waals surface area (Å²) in [5.41, 5.74) is 0.712. The minimum absolute atomic E-state index is 0.138. The third-order valence-corrected chi connectivity index (χ3v) is 4.75. The summed E-state index contributed by atoms with van der Waals surface area (Å²) in [7, 11) is 1.66. The van der Waals surface area contributed by atoms with Gasteiger partial charge in [-0.15, -0.1) is 0 Å². The Morgan fingerprint density at radius 3 is 2.96 bits per heavy atom. The predicted octanol–water partition coefficient (Wildman–Crippen LogP) is 3.11. The van der Waals surface area contributed by atoms with Crippen LogP contribution in [0.25, 0.3) is 0 Å². The van der Waals surface area contributed by atoms with Crippen molar-refractivity contribution in [1.29, 1.82) is 0 Å². The van der Waals surface area contributed by atoms with Gasteiger partial charge >= 0.3 is 6.03 Å². The molecule has 0 aliphatic heterocycles. The lowest BCUT2D eigenvalue weighted by molar-refractivity contribution is 0.172. The molecule has 1 aliphatic carbocycles. The number of nitrogens with one attached hydrogen (secondary N) is 2. The van der Waals surface area contributed by atoms with Crippen molar-refractivity contribution in [2.45, 2.75) is 52.6 Å². The molecular formula is C17H30N4O2. The van der Waals surface area contributed by atoms with Crippen molar-refractivity contribution < 1.29 is 9.53 Å². The summed E-state index contributed by atoms with van der Waals surface area (Å²) in [6.45, 7) is 8.03. The molecule has 0 aromatic carbocycles. The summed E-state index contributed by atoms with van der Waals surface area (Å²) in [4.78, 5) is 12.3. The third kappa shape index (κ3) is 5.23. The number of nitrogens with zero attached hydrogens (tertiary/aromatic N) is 2. The van der Waals surface area contributed by atoms with Crippen LogP contribution >= 0.6 is 0 Å². The summed E-state index contributed by atoms with van der Waals surface area (Å²) in [6.07, 6.45) is 7.00. The van der Waals surface area contributed by atoms with E-state index in [2.05, 4.69) is 36.5 Å². The number of anilines is 1. The average molecular weight is 322 g/mol. The maximum absolute atomic E-state index is 12.3. The minimum atomic E-state index is -0.138. The van der Waals surface area contributed by atoms with Gasteiger partial charge in [0.15, 0.2) is 0 Å². The first-order chi connectivity index (χ1) is 11.0. The van der Waals surface area contributed by atoms with Gasteiger partial charge in [-0.1, -0.05) is 27.2 Å². The van der Waals surface area contributed by atoms with Crippen molar-refractivity contribution in [1.82, 2.24) is 15.1 Å². The molecule has 2 N–H and O–H groups in total. The van der Waals surface area contributed by atoms with E-state index in [4.69, 9.17) is 4.74 Å². The fraction of sp³-hybridized carbons (Fsp3) is 0.765. The molecule has 1 saturated carbocycles. The Kier molecular flexibility index (Phi) is 6.45.